The summed E-state index contributed by atoms with van der Waals surface area (Å²) in [7, 11) is 0. The number of rotatable bonds is 3. The largest absolute Gasteiger partial charge is 0.463 e. The first-order valence-electron chi connectivity index (χ1n) is 5.70. The van der Waals surface area contributed by atoms with E-state index in [1.165, 1.54) is 12.1 Å². The number of benzene rings is 1. The fourth-order valence-electron chi connectivity index (χ4n) is 2.12. The lowest BCUT2D eigenvalue weighted by atomic mass is 9.88. The number of ketones is 1. The van der Waals surface area contributed by atoms with Crippen molar-refractivity contribution in [2.24, 2.45) is 0 Å². The summed E-state index contributed by atoms with van der Waals surface area (Å²) < 4.78 is 19.8. The highest BCUT2D eigenvalue weighted by Crippen LogP contribution is 2.44. The lowest BCUT2D eigenvalue weighted by Gasteiger charge is -2.20. The van der Waals surface area contributed by atoms with Crippen LogP contribution in [0.2, 0.25) is 0 Å². The van der Waals surface area contributed by atoms with Crippen molar-refractivity contribution in [3.63, 3.8) is 0 Å². The third-order valence-electron chi connectivity index (χ3n) is 2.98. The van der Waals surface area contributed by atoms with E-state index in [9.17, 15) is 14.0 Å². The molecule has 1 atom stereocenters. The van der Waals surface area contributed by atoms with Crippen LogP contribution >= 0.6 is 0 Å². The fraction of sp³-hybridized carbons (Fsp3) is 0.286. The van der Waals surface area contributed by atoms with Crippen LogP contribution in [0, 0.1) is 0 Å². The highest BCUT2D eigenvalue weighted by Gasteiger charge is 2.49. The van der Waals surface area contributed by atoms with Crippen molar-refractivity contribution in [3.8, 4) is 0 Å². The normalized spacial score (nSPS) is 21.2. The van der Waals surface area contributed by atoms with Crippen molar-refractivity contribution >= 4 is 17.8 Å². The maximum atomic E-state index is 14.9. The molecule has 0 saturated heterocycles. The molecule has 0 spiro atoms. The van der Waals surface area contributed by atoms with E-state index in [-0.39, 0.29) is 17.7 Å². The molecule has 0 bridgehead atoms. The summed E-state index contributed by atoms with van der Waals surface area (Å²) in [6, 6.07) is 6.54. The van der Waals surface area contributed by atoms with E-state index < -0.39 is 17.4 Å². The van der Waals surface area contributed by atoms with Crippen molar-refractivity contribution in [2.75, 3.05) is 6.61 Å². The van der Waals surface area contributed by atoms with Gasteiger partial charge in [-0.1, -0.05) is 24.3 Å². The second-order valence-electron chi connectivity index (χ2n) is 4.08. The molecule has 0 radical (unpaired) electrons. The number of carbonyl (C=O) groups excluding carboxylic acids is 2. The van der Waals surface area contributed by atoms with E-state index in [4.69, 9.17) is 4.74 Å². The Morgan fingerprint density at radius 3 is 2.61 bits per heavy atom. The first kappa shape index (κ1) is 12.5. The van der Waals surface area contributed by atoms with Crippen LogP contribution in [0.15, 0.2) is 29.8 Å². The standard InChI is InChI=1S/C14H13FO3/c1-3-18-13(17)12-8-10-6-4-5-7-11(10)14(12,15)9(2)16/h4-8H,3H2,1-2H3. The van der Waals surface area contributed by atoms with Crippen LogP contribution < -0.4 is 0 Å². The summed E-state index contributed by atoms with van der Waals surface area (Å²) in [4.78, 5) is 23.4. The highest BCUT2D eigenvalue weighted by atomic mass is 19.1. The smallest absolute Gasteiger partial charge is 0.338 e. The van der Waals surface area contributed by atoms with Crippen molar-refractivity contribution in [1.82, 2.24) is 0 Å². The van der Waals surface area contributed by atoms with Gasteiger partial charge in [-0.3, -0.25) is 4.79 Å². The molecule has 0 N–H and O–H groups in total. The molecule has 94 valence electrons. The minimum Gasteiger partial charge on any atom is -0.463 e. The molecule has 0 aliphatic heterocycles. The highest BCUT2D eigenvalue weighted by molar-refractivity contribution is 6.09. The number of fused-ring (bicyclic) bond motifs is 1. The van der Waals surface area contributed by atoms with Gasteiger partial charge in [-0.2, -0.15) is 0 Å². The van der Waals surface area contributed by atoms with E-state index in [0.29, 0.717) is 5.56 Å². The molecular weight excluding hydrogens is 235 g/mol. The van der Waals surface area contributed by atoms with Gasteiger partial charge in [-0.05, 0) is 25.5 Å². The predicted octanol–water partition coefficient (Wildman–Crippen LogP) is 2.40. The Kier molecular flexibility index (Phi) is 3.03. The van der Waals surface area contributed by atoms with Gasteiger partial charge in [0.15, 0.2) is 5.78 Å². The zero-order valence-corrected chi connectivity index (χ0v) is 10.2. The number of carbonyl (C=O) groups is 2. The summed E-state index contributed by atoms with van der Waals surface area (Å²) in [6.07, 6.45) is 1.38. The molecule has 0 aromatic heterocycles. The molecule has 0 fully saturated rings. The summed E-state index contributed by atoms with van der Waals surface area (Å²) in [5, 5.41) is 0. The molecular formula is C14H13FO3. The monoisotopic (exact) mass is 248 g/mol. The maximum absolute atomic E-state index is 14.9. The van der Waals surface area contributed by atoms with E-state index >= 15 is 0 Å². The third kappa shape index (κ3) is 1.65. The average molecular weight is 248 g/mol. The van der Waals surface area contributed by atoms with Gasteiger partial charge in [-0.25, -0.2) is 9.18 Å². The minimum absolute atomic E-state index is 0.139. The van der Waals surface area contributed by atoms with Gasteiger partial charge in [0.05, 0.1) is 12.2 Å². The molecule has 1 aliphatic rings. The van der Waals surface area contributed by atoms with Gasteiger partial charge < -0.3 is 4.74 Å². The summed E-state index contributed by atoms with van der Waals surface area (Å²) in [5.74, 6) is -1.50. The predicted molar refractivity (Wildman–Crippen MR) is 64.5 cm³/mol. The van der Waals surface area contributed by atoms with Gasteiger partial charge in [0.25, 0.3) is 0 Å². The molecule has 0 amide bonds. The van der Waals surface area contributed by atoms with Crippen molar-refractivity contribution in [1.29, 1.82) is 0 Å². The quantitative estimate of drug-likeness (QED) is 0.771. The van der Waals surface area contributed by atoms with Crippen LogP contribution in [0.5, 0.6) is 0 Å². The molecule has 1 unspecified atom stereocenters. The van der Waals surface area contributed by atoms with Gasteiger partial charge in [0.1, 0.15) is 0 Å². The van der Waals surface area contributed by atoms with E-state index in [1.807, 2.05) is 0 Å². The second kappa shape index (κ2) is 4.37. The van der Waals surface area contributed by atoms with Crippen molar-refractivity contribution in [3.05, 3.63) is 41.0 Å². The van der Waals surface area contributed by atoms with Crippen LogP contribution in [0.4, 0.5) is 4.39 Å². The second-order valence-corrected chi connectivity index (χ2v) is 4.08. The average Bonchev–Trinajstić information content (AvgIpc) is 2.65. The summed E-state index contributed by atoms with van der Waals surface area (Å²) in [6.45, 7) is 2.91. The fourth-order valence-corrected chi connectivity index (χ4v) is 2.12. The number of ether oxygens (including phenoxy) is 1. The number of hydrogen-bond donors (Lipinski definition) is 0. The van der Waals surface area contributed by atoms with Gasteiger partial charge >= 0.3 is 5.97 Å². The number of alkyl halides is 1. The van der Waals surface area contributed by atoms with Crippen LogP contribution in [-0.4, -0.2) is 18.4 Å². The lowest BCUT2D eigenvalue weighted by Crippen LogP contribution is -2.33. The first-order chi connectivity index (χ1) is 8.51. The third-order valence-corrected chi connectivity index (χ3v) is 2.98. The van der Waals surface area contributed by atoms with Crippen LogP contribution in [0.25, 0.3) is 6.08 Å². The van der Waals surface area contributed by atoms with E-state index in [0.717, 1.165) is 6.92 Å². The van der Waals surface area contributed by atoms with Gasteiger partial charge in [-0.15, -0.1) is 0 Å². The summed E-state index contributed by atoms with van der Waals surface area (Å²) in [5.41, 5.74) is -1.88. The number of esters is 1. The SMILES string of the molecule is CCOC(=O)C1=Cc2ccccc2C1(F)C(C)=O. The minimum atomic E-state index is -2.39. The zero-order chi connectivity index (χ0) is 13.3. The van der Waals surface area contributed by atoms with Crippen molar-refractivity contribution in [2.45, 2.75) is 19.5 Å². The lowest BCUT2D eigenvalue weighted by molar-refractivity contribution is -0.142. The van der Waals surface area contributed by atoms with Crippen LogP contribution in [-0.2, 0) is 20.0 Å². The van der Waals surface area contributed by atoms with Crippen LogP contribution in [0.3, 0.4) is 0 Å². The molecule has 2 rings (SSSR count). The first-order valence-corrected chi connectivity index (χ1v) is 5.70. The molecule has 1 aliphatic carbocycles. The van der Waals surface area contributed by atoms with E-state index in [2.05, 4.69) is 0 Å². The molecule has 1 aromatic carbocycles. The van der Waals surface area contributed by atoms with E-state index in [1.54, 1.807) is 25.1 Å². The van der Waals surface area contributed by atoms with Gasteiger partial charge in [0, 0.05) is 5.56 Å². The van der Waals surface area contributed by atoms with Crippen molar-refractivity contribution < 1.29 is 18.7 Å². The molecule has 0 heterocycles. The number of Topliss-reactive ketones (excluding diaryl/α,β-unsaturated/α-hetero) is 1. The Morgan fingerprint density at radius 2 is 2.00 bits per heavy atom. The number of hydrogen-bond acceptors (Lipinski definition) is 3. The maximum Gasteiger partial charge on any atom is 0.338 e. The zero-order valence-electron chi connectivity index (χ0n) is 10.2. The molecule has 1 aromatic rings. The summed E-state index contributed by atoms with van der Waals surface area (Å²) >= 11 is 0. The molecule has 0 saturated carbocycles. The topological polar surface area (TPSA) is 43.4 Å². The number of halogens is 1. The Morgan fingerprint density at radius 1 is 1.33 bits per heavy atom. The van der Waals surface area contributed by atoms with Crippen LogP contribution in [0.1, 0.15) is 25.0 Å². The Bertz CT molecular complexity index is 548. The Balaban J connectivity index is 2.56. The Hall–Kier alpha value is -1.97. The molecule has 4 heteroatoms. The molecule has 3 nitrogen and oxygen atoms in total. The van der Waals surface area contributed by atoms with Gasteiger partial charge in [0.2, 0.25) is 5.67 Å². The molecule has 18 heavy (non-hydrogen) atoms. The Labute approximate surface area is 104 Å².